The first kappa shape index (κ1) is 15.6. The number of carbonyl (C=O) groups is 1. The molecule has 0 radical (unpaired) electrons. The van der Waals surface area contributed by atoms with E-state index in [-0.39, 0.29) is 12.5 Å². The fourth-order valence-electron chi connectivity index (χ4n) is 2.78. The van der Waals surface area contributed by atoms with Crippen LogP contribution >= 0.6 is 0 Å². The molecule has 6 nitrogen and oxygen atoms in total. The lowest BCUT2D eigenvalue weighted by Crippen LogP contribution is -2.40. The van der Waals surface area contributed by atoms with Crippen molar-refractivity contribution in [2.24, 2.45) is 0 Å². The summed E-state index contributed by atoms with van der Waals surface area (Å²) in [6, 6.07) is 4.20. The minimum absolute atomic E-state index is 0.221. The van der Waals surface area contributed by atoms with Gasteiger partial charge in [0.05, 0.1) is 6.54 Å². The molecule has 0 saturated carbocycles. The summed E-state index contributed by atoms with van der Waals surface area (Å²) < 4.78 is 15.3. The van der Waals surface area contributed by atoms with Gasteiger partial charge in [-0.3, -0.25) is 4.79 Å². The number of nitrogens with zero attached hydrogens (tertiary/aromatic N) is 4. The van der Waals surface area contributed by atoms with Gasteiger partial charge in [0, 0.05) is 18.7 Å². The highest BCUT2D eigenvalue weighted by atomic mass is 19.1. The maximum Gasteiger partial charge on any atom is 0.254 e. The molecule has 1 aromatic carbocycles. The number of aromatic nitrogens is 3. The Kier molecular flexibility index (Phi) is 3.68. The Morgan fingerprint density at radius 3 is 2.74 bits per heavy atom. The van der Waals surface area contributed by atoms with Gasteiger partial charge in [-0.1, -0.05) is 6.07 Å². The third-order valence-electron chi connectivity index (χ3n) is 4.02. The summed E-state index contributed by atoms with van der Waals surface area (Å²) in [7, 11) is 0. The maximum absolute atomic E-state index is 13.4. The molecule has 2 heterocycles. The third-order valence-corrected chi connectivity index (χ3v) is 4.02. The number of hydrogen-bond acceptors (Lipinski definition) is 4. The molecule has 0 fully saturated rings. The highest BCUT2D eigenvalue weighted by molar-refractivity contribution is 5.95. The number of hydrogen-bond donors (Lipinski definition) is 1. The van der Waals surface area contributed by atoms with Crippen molar-refractivity contribution in [3.8, 4) is 0 Å². The first-order valence-corrected chi connectivity index (χ1v) is 7.48. The number of benzene rings is 1. The van der Waals surface area contributed by atoms with E-state index in [4.69, 9.17) is 0 Å². The molecule has 1 aliphatic heterocycles. The van der Waals surface area contributed by atoms with E-state index in [0.717, 1.165) is 5.56 Å². The lowest BCUT2D eigenvalue weighted by molar-refractivity contribution is 0.0589. The van der Waals surface area contributed by atoms with E-state index in [1.165, 1.54) is 12.1 Å². The van der Waals surface area contributed by atoms with Crippen molar-refractivity contribution in [3.63, 3.8) is 0 Å². The molecular weight excluding hydrogens is 299 g/mol. The quantitative estimate of drug-likeness (QED) is 0.913. The second-order valence-electron chi connectivity index (χ2n) is 6.34. The molecule has 0 spiro atoms. The number of aryl methyl sites for hydroxylation is 1. The molecule has 0 unspecified atom stereocenters. The van der Waals surface area contributed by atoms with Crippen molar-refractivity contribution in [2.75, 3.05) is 6.54 Å². The van der Waals surface area contributed by atoms with Gasteiger partial charge in [-0.15, -0.1) is 10.2 Å². The average Bonchev–Trinajstić information content (AvgIpc) is 2.92. The molecule has 0 atom stereocenters. The Balaban J connectivity index is 1.86. The number of aliphatic hydroxyl groups is 1. The second kappa shape index (κ2) is 5.42. The lowest BCUT2D eigenvalue weighted by atomic mass is 10.1. The summed E-state index contributed by atoms with van der Waals surface area (Å²) in [6.07, 6.45) is 0. The molecule has 1 amide bonds. The van der Waals surface area contributed by atoms with Crippen molar-refractivity contribution >= 4 is 5.91 Å². The van der Waals surface area contributed by atoms with Crippen LogP contribution in [-0.2, 0) is 18.7 Å². The van der Waals surface area contributed by atoms with Crippen LogP contribution < -0.4 is 0 Å². The van der Waals surface area contributed by atoms with E-state index in [9.17, 15) is 14.3 Å². The smallest absolute Gasteiger partial charge is 0.254 e. The monoisotopic (exact) mass is 318 g/mol. The zero-order valence-electron chi connectivity index (χ0n) is 13.4. The number of carbonyl (C=O) groups excluding carboxylic acids is 1. The fourth-order valence-corrected chi connectivity index (χ4v) is 2.78. The second-order valence-corrected chi connectivity index (χ2v) is 6.34. The van der Waals surface area contributed by atoms with Gasteiger partial charge in [0.2, 0.25) is 0 Å². The molecule has 1 N–H and O–H groups in total. The molecular formula is C16H19FN4O2. The van der Waals surface area contributed by atoms with Gasteiger partial charge in [-0.05, 0) is 38.5 Å². The fraction of sp³-hybridized carbons (Fsp3) is 0.438. The molecule has 2 aromatic rings. The van der Waals surface area contributed by atoms with E-state index in [1.807, 2.05) is 4.57 Å². The summed E-state index contributed by atoms with van der Waals surface area (Å²) in [5.74, 6) is 0.460. The van der Waals surface area contributed by atoms with E-state index in [0.29, 0.717) is 30.3 Å². The molecule has 1 aromatic heterocycles. The molecule has 0 aliphatic carbocycles. The van der Waals surface area contributed by atoms with Crippen LogP contribution in [-0.4, -0.2) is 37.2 Å². The van der Waals surface area contributed by atoms with Crippen LogP contribution in [0.3, 0.4) is 0 Å². The average molecular weight is 318 g/mol. The first-order valence-electron chi connectivity index (χ1n) is 7.48. The Bertz CT molecular complexity index is 764. The van der Waals surface area contributed by atoms with Gasteiger partial charge in [0.25, 0.3) is 5.91 Å². The highest BCUT2D eigenvalue weighted by Gasteiger charge is 2.31. The van der Waals surface area contributed by atoms with Crippen molar-refractivity contribution in [3.05, 3.63) is 46.8 Å². The Morgan fingerprint density at radius 2 is 2.04 bits per heavy atom. The highest BCUT2D eigenvalue weighted by Crippen LogP contribution is 2.23. The predicted molar refractivity (Wildman–Crippen MR) is 81.1 cm³/mol. The van der Waals surface area contributed by atoms with E-state index in [2.05, 4.69) is 10.2 Å². The summed E-state index contributed by atoms with van der Waals surface area (Å²) in [6.45, 7) is 6.34. The Labute approximate surface area is 133 Å². The van der Waals surface area contributed by atoms with Crippen LogP contribution in [0.2, 0.25) is 0 Å². The molecule has 23 heavy (non-hydrogen) atoms. The Hall–Kier alpha value is -2.28. The summed E-state index contributed by atoms with van der Waals surface area (Å²) >= 11 is 0. The molecule has 0 bridgehead atoms. The standard InChI is InChI=1S/C16H19FN4O2/c1-10-4-5-11(17)8-12(10)14(22)20-6-7-21-13(9-20)18-19-15(21)16(2,3)23/h4-5,8,23H,6-7,9H2,1-3H3. The van der Waals surface area contributed by atoms with Gasteiger partial charge in [-0.25, -0.2) is 4.39 Å². The van der Waals surface area contributed by atoms with Crippen molar-refractivity contribution in [1.29, 1.82) is 0 Å². The normalized spacial score (nSPS) is 14.7. The van der Waals surface area contributed by atoms with Crippen molar-refractivity contribution in [1.82, 2.24) is 19.7 Å². The van der Waals surface area contributed by atoms with Crippen LogP contribution in [0.15, 0.2) is 18.2 Å². The van der Waals surface area contributed by atoms with Crippen molar-refractivity contribution < 1.29 is 14.3 Å². The number of amides is 1. The minimum Gasteiger partial charge on any atom is -0.382 e. The SMILES string of the molecule is Cc1ccc(F)cc1C(=O)N1CCn2c(nnc2C(C)(C)O)C1. The molecule has 7 heteroatoms. The molecule has 3 rings (SSSR count). The van der Waals surface area contributed by atoms with Gasteiger partial charge >= 0.3 is 0 Å². The zero-order chi connectivity index (χ0) is 16.8. The first-order chi connectivity index (χ1) is 10.8. The Morgan fingerprint density at radius 1 is 1.30 bits per heavy atom. The summed E-state index contributed by atoms with van der Waals surface area (Å²) in [5.41, 5.74) is 0.0117. The maximum atomic E-state index is 13.4. The minimum atomic E-state index is -1.09. The largest absolute Gasteiger partial charge is 0.382 e. The number of fused-ring (bicyclic) bond motifs is 1. The van der Waals surface area contributed by atoms with Crippen molar-refractivity contribution in [2.45, 2.75) is 39.5 Å². The van der Waals surface area contributed by atoms with E-state index in [1.54, 1.807) is 31.7 Å². The van der Waals surface area contributed by atoms with Crippen LogP contribution in [0.5, 0.6) is 0 Å². The lowest BCUT2D eigenvalue weighted by Gasteiger charge is -2.29. The van der Waals surface area contributed by atoms with Gasteiger partial charge in [0.1, 0.15) is 11.4 Å². The molecule has 122 valence electrons. The third kappa shape index (κ3) is 2.84. The van der Waals surface area contributed by atoms with Crippen LogP contribution in [0, 0.1) is 12.7 Å². The van der Waals surface area contributed by atoms with E-state index < -0.39 is 11.4 Å². The van der Waals surface area contributed by atoms with Crippen LogP contribution in [0.4, 0.5) is 4.39 Å². The summed E-state index contributed by atoms with van der Waals surface area (Å²) in [5, 5.41) is 18.2. The van der Waals surface area contributed by atoms with Gasteiger partial charge in [0.15, 0.2) is 11.6 Å². The molecule has 0 saturated heterocycles. The number of rotatable bonds is 2. The van der Waals surface area contributed by atoms with Crippen LogP contribution in [0.25, 0.3) is 0 Å². The predicted octanol–water partition coefficient (Wildman–Crippen LogP) is 1.61. The summed E-state index contributed by atoms with van der Waals surface area (Å²) in [4.78, 5) is 14.3. The zero-order valence-corrected chi connectivity index (χ0v) is 13.4. The molecule has 1 aliphatic rings. The number of halogens is 1. The van der Waals surface area contributed by atoms with Crippen LogP contribution in [0.1, 0.15) is 41.4 Å². The van der Waals surface area contributed by atoms with Gasteiger partial charge in [-0.2, -0.15) is 0 Å². The van der Waals surface area contributed by atoms with E-state index >= 15 is 0 Å². The van der Waals surface area contributed by atoms with Gasteiger partial charge < -0.3 is 14.6 Å². The topological polar surface area (TPSA) is 71.2 Å².